The second kappa shape index (κ2) is 5.03. The van der Waals surface area contributed by atoms with Gasteiger partial charge in [0, 0.05) is 5.92 Å². The van der Waals surface area contributed by atoms with Gasteiger partial charge in [0.2, 0.25) is 0 Å². The summed E-state index contributed by atoms with van der Waals surface area (Å²) in [6.45, 7) is 3.78. The number of hydrogen-bond donors (Lipinski definition) is 1. The number of halogens is 1. The molecular formula is C15H17FO3. The van der Waals surface area contributed by atoms with Crippen molar-refractivity contribution in [1.82, 2.24) is 0 Å². The number of allylic oxidation sites excluding steroid dienone is 1. The molecule has 1 aliphatic carbocycles. The predicted octanol–water partition coefficient (Wildman–Crippen LogP) is 3.65. The summed E-state index contributed by atoms with van der Waals surface area (Å²) >= 11 is 0. The molecule has 4 heteroatoms. The van der Waals surface area contributed by atoms with Crippen LogP contribution >= 0.6 is 0 Å². The monoisotopic (exact) mass is 264 g/mol. The maximum Gasteiger partial charge on any atom is 0.335 e. The number of rotatable bonds is 4. The number of carboxylic acids is 1. The Morgan fingerprint density at radius 3 is 2.79 bits per heavy atom. The smallest absolute Gasteiger partial charge is 0.335 e. The van der Waals surface area contributed by atoms with Gasteiger partial charge in [0.05, 0.1) is 5.56 Å². The van der Waals surface area contributed by atoms with Gasteiger partial charge in [-0.05, 0) is 44.9 Å². The molecule has 0 aliphatic heterocycles. The summed E-state index contributed by atoms with van der Waals surface area (Å²) in [5, 5.41) is 8.92. The zero-order valence-corrected chi connectivity index (χ0v) is 11.0. The first-order chi connectivity index (χ1) is 8.90. The Bertz CT molecular complexity index is 520. The molecule has 0 spiro atoms. The standard InChI is InChI=1S/C15H17FO3/c1-15(2,11-5-3-4-6-11)19-13-9-10(14(17)18)7-8-12(13)16/h3,5,7-9,11H,4,6H2,1-2H3,(H,17,18). The van der Waals surface area contributed by atoms with E-state index in [1.165, 1.54) is 12.1 Å². The Kier molecular flexibility index (Phi) is 3.60. The van der Waals surface area contributed by atoms with Gasteiger partial charge in [-0.3, -0.25) is 0 Å². The van der Waals surface area contributed by atoms with Gasteiger partial charge in [0.25, 0.3) is 0 Å². The SMILES string of the molecule is CC(C)(Oc1cc(C(=O)O)ccc1F)C1C=CCC1. The van der Waals surface area contributed by atoms with Crippen molar-refractivity contribution in [2.75, 3.05) is 0 Å². The Hall–Kier alpha value is -1.84. The highest BCUT2D eigenvalue weighted by molar-refractivity contribution is 5.88. The van der Waals surface area contributed by atoms with Crippen LogP contribution in [0.15, 0.2) is 30.4 Å². The van der Waals surface area contributed by atoms with Gasteiger partial charge in [-0.25, -0.2) is 9.18 Å². The third kappa shape index (κ3) is 2.95. The molecule has 2 rings (SSSR count). The lowest BCUT2D eigenvalue weighted by atomic mass is 9.90. The van der Waals surface area contributed by atoms with E-state index in [2.05, 4.69) is 12.2 Å². The molecule has 0 saturated heterocycles. The van der Waals surface area contributed by atoms with Crippen molar-refractivity contribution in [3.8, 4) is 5.75 Å². The fraction of sp³-hybridized carbons (Fsp3) is 0.400. The van der Waals surface area contributed by atoms with Crippen LogP contribution in [-0.2, 0) is 0 Å². The van der Waals surface area contributed by atoms with E-state index in [0.717, 1.165) is 18.9 Å². The van der Waals surface area contributed by atoms with Crippen LogP contribution in [0.5, 0.6) is 5.75 Å². The predicted molar refractivity (Wildman–Crippen MR) is 69.9 cm³/mol. The summed E-state index contributed by atoms with van der Waals surface area (Å²) in [6.07, 6.45) is 6.11. The number of benzene rings is 1. The van der Waals surface area contributed by atoms with Crippen molar-refractivity contribution in [2.45, 2.75) is 32.3 Å². The summed E-state index contributed by atoms with van der Waals surface area (Å²) in [6, 6.07) is 3.59. The van der Waals surface area contributed by atoms with Crippen molar-refractivity contribution in [1.29, 1.82) is 0 Å². The second-order valence-electron chi connectivity index (χ2n) is 5.27. The summed E-state index contributed by atoms with van der Waals surface area (Å²) in [4.78, 5) is 10.9. The van der Waals surface area contributed by atoms with Gasteiger partial charge in [-0.1, -0.05) is 12.2 Å². The molecule has 0 aromatic heterocycles. The zero-order valence-electron chi connectivity index (χ0n) is 11.0. The van der Waals surface area contributed by atoms with Crippen molar-refractivity contribution < 1.29 is 19.0 Å². The first kappa shape index (κ1) is 13.6. The van der Waals surface area contributed by atoms with Gasteiger partial charge >= 0.3 is 5.97 Å². The Morgan fingerprint density at radius 2 is 2.21 bits per heavy atom. The largest absolute Gasteiger partial charge is 0.484 e. The number of aromatic carboxylic acids is 1. The molecule has 1 atom stereocenters. The number of ether oxygens (including phenoxy) is 1. The highest BCUT2D eigenvalue weighted by Crippen LogP contribution is 2.33. The molecule has 0 amide bonds. The van der Waals surface area contributed by atoms with Gasteiger partial charge in [-0.2, -0.15) is 0 Å². The minimum Gasteiger partial charge on any atom is -0.484 e. The van der Waals surface area contributed by atoms with Gasteiger partial charge in [-0.15, -0.1) is 0 Å². The summed E-state index contributed by atoms with van der Waals surface area (Å²) in [5.41, 5.74) is -0.542. The van der Waals surface area contributed by atoms with Crippen molar-refractivity contribution >= 4 is 5.97 Å². The first-order valence-corrected chi connectivity index (χ1v) is 6.28. The fourth-order valence-electron chi connectivity index (χ4n) is 2.29. The van der Waals surface area contributed by atoms with Gasteiger partial charge in [0.1, 0.15) is 5.60 Å². The summed E-state index contributed by atoms with van der Waals surface area (Å²) < 4.78 is 19.4. The molecule has 1 N–H and O–H groups in total. The molecular weight excluding hydrogens is 247 g/mol. The van der Waals surface area contributed by atoms with E-state index < -0.39 is 17.4 Å². The maximum atomic E-state index is 13.7. The van der Waals surface area contributed by atoms with Gasteiger partial charge in [0.15, 0.2) is 11.6 Å². The molecule has 102 valence electrons. The molecule has 0 bridgehead atoms. The van der Waals surface area contributed by atoms with Crippen LogP contribution in [0.25, 0.3) is 0 Å². The highest BCUT2D eigenvalue weighted by Gasteiger charge is 2.32. The molecule has 1 aromatic rings. The van der Waals surface area contributed by atoms with E-state index in [-0.39, 0.29) is 17.2 Å². The van der Waals surface area contributed by atoms with Crippen LogP contribution in [0.4, 0.5) is 4.39 Å². The van der Waals surface area contributed by atoms with Crippen LogP contribution in [0.1, 0.15) is 37.0 Å². The molecule has 0 radical (unpaired) electrons. The topological polar surface area (TPSA) is 46.5 Å². The van der Waals surface area contributed by atoms with Gasteiger partial charge < -0.3 is 9.84 Å². The third-order valence-corrected chi connectivity index (χ3v) is 3.46. The quantitative estimate of drug-likeness (QED) is 0.844. The minimum atomic E-state index is -1.09. The summed E-state index contributed by atoms with van der Waals surface area (Å²) in [5.74, 6) is -1.44. The van der Waals surface area contributed by atoms with Crippen molar-refractivity contribution in [2.24, 2.45) is 5.92 Å². The summed E-state index contributed by atoms with van der Waals surface area (Å²) in [7, 11) is 0. The second-order valence-corrected chi connectivity index (χ2v) is 5.27. The third-order valence-electron chi connectivity index (χ3n) is 3.46. The molecule has 3 nitrogen and oxygen atoms in total. The van der Waals surface area contributed by atoms with E-state index in [1.54, 1.807) is 0 Å². The lowest BCUT2D eigenvalue weighted by molar-refractivity contribution is 0.0588. The van der Waals surface area contributed by atoms with Crippen LogP contribution in [-0.4, -0.2) is 16.7 Å². The molecule has 19 heavy (non-hydrogen) atoms. The van der Waals surface area contributed by atoms with E-state index in [4.69, 9.17) is 9.84 Å². The lowest BCUT2D eigenvalue weighted by Crippen LogP contribution is -2.36. The molecule has 0 fully saturated rings. The zero-order chi connectivity index (χ0) is 14.0. The molecule has 0 heterocycles. The Morgan fingerprint density at radius 1 is 1.47 bits per heavy atom. The number of carbonyl (C=O) groups is 1. The van der Waals surface area contributed by atoms with Crippen LogP contribution in [0.3, 0.4) is 0 Å². The Balaban J connectivity index is 2.24. The normalized spacial score (nSPS) is 18.6. The number of carboxylic acid groups (broad SMARTS) is 1. The Labute approximate surface area is 111 Å². The van der Waals surface area contributed by atoms with Crippen molar-refractivity contribution in [3.05, 3.63) is 41.7 Å². The molecule has 0 saturated carbocycles. The number of hydrogen-bond acceptors (Lipinski definition) is 2. The van der Waals surface area contributed by atoms with E-state index >= 15 is 0 Å². The van der Waals surface area contributed by atoms with Crippen molar-refractivity contribution in [3.63, 3.8) is 0 Å². The minimum absolute atomic E-state index is 0.00907. The lowest BCUT2D eigenvalue weighted by Gasteiger charge is -2.32. The van der Waals surface area contributed by atoms with Crippen LogP contribution < -0.4 is 4.74 Å². The fourth-order valence-corrected chi connectivity index (χ4v) is 2.29. The first-order valence-electron chi connectivity index (χ1n) is 6.28. The molecule has 1 unspecified atom stereocenters. The molecule has 1 aromatic carbocycles. The molecule has 1 aliphatic rings. The highest BCUT2D eigenvalue weighted by atomic mass is 19.1. The average molecular weight is 264 g/mol. The van der Waals surface area contributed by atoms with Crippen LogP contribution in [0.2, 0.25) is 0 Å². The maximum absolute atomic E-state index is 13.7. The van der Waals surface area contributed by atoms with E-state index in [1.807, 2.05) is 13.8 Å². The van der Waals surface area contributed by atoms with E-state index in [9.17, 15) is 9.18 Å². The average Bonchev–Trinajstić information content (AvgIpc) is 2.85. The van der Waals surface area contributed by atoms with Crippen LogP contribution in [0, 0.1) is 11.7 Å². The van der Waals surface area contributed by atoms with E-state index in [0.29, 0.717) is 0 Å².